The van der Waals surface area contributed by atoms with Gasteiger partial charge in [0.15, 0.2) is 0 Å². The summed E-state index contributed by atoms with van der Waals surface area (Å²) in [5.41, 5.74) is 0. The highest BCUT2D eigenvalue weighted by Crippen LogP contribution is 2.47. The minimum atomic E-state index is -4.65. The van der Waals surface area contributed by atoms with Gasteiger partial charge in [0.1, 0.15) is 52.3 Å². The Balaban J connectivity index is 1.93. The second-order valence-electron chi connectivity index (χ2n) is 5.48. The number of phosphoric acid groups is 1. The van der Waals surface area contributed by atoms with Crippen molar-refractivity contribution in [2.75, 3.05) is 20.3 Å². The van der Waals surface area contributed by atoms with Gasteiger partial charge in [-0.1, -0.05) is 0 Å². The Hall–Kier alpha value is -0.000130. The fraction of sp³-hybridized carbons (Fsp3) is 1.00. The Kier molecular flexibility index (Phi) is 6.88. The summed E-state index contributed by atoms with van der Waals surface area (Å²) in [7, 11) is 7.62. The molecule has 0 amide bonds. The maximum Gasteiger partial charge on any atom is 0.472 e. The molecule has 0 aromatic rings. The molecule has 0 spiro atoms. The summed E-state index contributed by atoms with van der Waals surface area (Å²) >= 11 is 0. The maximum atomic E-state index is 12.0. The maximum absolute atomic E-state index is 12.0. The van der Waals surface area contributed by atoms with E-state index in [-0.39, 0.29) is 0 Å². The van der Waals surface area contributed by atoms with Crippen molar-refractivity contribution in [3.63, 3.8) is 0 Å². The van der Waals surface area contributed by atoms with Crippen molar-refractivity contribution < 1.29 is 48.0 Å². The zero-order valence-corrected chi connectivity index (χ0v) is 13.8. The number of hydrogen-bond acceptors (Lipinski definition) is 9. The number of aliphatic hydroxyl groups is 3. The fourth-order valence-corrected chi connectivity index (χ4v) is 3.55. The normalized spacial score (nSPS) is 45.4. The quantitative estimate of drug-likeness (QED) is 0.273. The summed E-state index contributed by atoms with van der Waals surface area (Å²) in [6.07, 6.45) is -6.72. The lowest BCUT2D eigenvalue weighted by molar-refractivity contribution is -0.0432. The molecule has 24 heavy (non-hydrogen) atoms. The first kappa shape index (κ1) is 20.3. The van der Waals surface area contributed by atoms with E-state index in [1.54, 1.807) is 0 Å². The molecular formula is C11H19B2O10P. The van der Waals surface area contributed by atoms with Crippen LogP contribution in [0.1, 0.15) is 0 Å². The lowest BCUT2D eigenvalue weighted by atomic mass is 9.93. The molecule has 5 unspecified atom stereocenters. The minimum Gasteiger partial charge on any atom is -0.394 e. The van der Waals surface area contributed by atoms with Gasteiger partial charge < -0.3 is 34.4 Å². The number of methoxy groups -OCH3 is 1. The Morgan fingerprint density at radius 3 is 2.17 bits per heavy atom. The monoisotopic (exact) mass is 364 g/mol. The molecule has 4 N–H and O–H groups in total. The second kappa shape index (κ2) is 8.13. The Morgan fingerprint density at radius 1 is 1.08 bits per heavy atom. The van der Waals surface area contributed by atoms with E-state index in [1.807, 2.05) is 0 Å². The lowest BCUT2D eigenvalue weighted by Crippen LogP contribution is -2.37. The van der Waals surface area contributed by atoms with E-state index in [9.17, 15) is 19.7 Å². The van der Waals surface area contributed by atoms with Crippen molar-refractivity contribution in [2.45, 2.75) is 48.6 Å². The summed E-state index contributed by atoms with van der Waals surface area (Å²) in [5, 5.41) is 28.7. The van der Waals surface area contributed by atoms with Gasteiger partial charge in [-0.2, -0.15) is 0 Å². The van der Waals surface area contributed by atoms with E-state index in [0.717, 1.165) is 0 Å². The molecule has 0 bridgehead atoms. The number of rotatable bonds is 7. The topological polar surface area (TPSA) is 144 Å². The highest BCUT2D eigenvalue weighted by Gasteiger charge is 2.47. The molecule has 2 aliphatic heterocycles. The Bertz CT molecular complexity index is 470. The van der Waals surface area contributed by atoms with Crippen LogP contribution in [0, 0.1) is 0 Å². The number of ether oxygens (including phenoxy) is 3. The summed E-state index contributed by atoms with van der Waals surface area (Å²) in [6.45, 7) is -1.04. The van der Waals surface area contributed by atoms with Crippen LogP contribution in [0.3, 0.4) is 0 Å². The molecule has 0 saturated carbocycles. The van der Waals surface area contributed by atoms with Crippen molar-refractivity contribution in [1.29, 1.82) is 0 Å². The molecule has 2 rings (SSSR count). The summed E-state index contributed by atoms with van der Waals surface area (Å²) in [4.78, 5) is 9.78. The highest BCUT2D eigenvalue weighted by molar-refractivity contribution is 7.47. The number of hydrogen-bond donors (Lipinski definition) is 4. The first-order valence-corrected chi connectivity index (χ1v) is 8.67. The SMILES string of the molecule is [B][C@@H]1O[C@H](COP(=O)(O)OC2C(O)[C@H]([B])O[C@@H]2CO)C(OC)C1O. The van der Waals surface area contributed by atoms with E-state index in [0.29, 0.717) is 0 Å². The molecule has 0 aliphatic carbocycles. The molecular weight excluding hydrogens is 345 g/mol. The van der Waals surface area contributed by atoms with Gasteiger partial charge in [-0.05, 0) is 0 Å². The van der Waals surface area contributed by atoms with Crippen molar-refractivity contribution in [3.05, 3.63) is 0 Å². The molecule has 13 heteroatoms. The second-order valence-corrected chi connectivity index (χ2v) is 6.88. The Labute approximate surface area is 141 Å². The molecule has 9 atom stereocenters. The van der Waals surface area contributed by atoms with Crippen LogP contribution >= 0.6 is 7.82 Å². The molecule has 0 aromatic carbocycles. The summed E-state index contributed by atoms with van der Waals surface area (Å²) in [5.74, 6) is 0. The third kappa shape index (κ3) is 4.39. The van der Waals surface area contributed by atoms with Gasteiger partial charge in [0, 0.05) is 19.1 Å². The van der Waals surface area contributed by atoms with E-state index in [2.05, 4.69) is 0 Å². The van der Waals surface area contributed by atoms with Crippen LogP contribution in [-0.2, 0) is 27.8 Å². The van der Waals surface area contributed by atoms with Crippen LogP contribution in [-0.4, -0.2) is 105 Å². The predicted octanol–water partition coefficient (Wildman–Crippen LogP) is -3.00. The van der Waals surface area contributed by atoms with Crippen molar-refractivity contribution >= 4 is 23.5 Å². The zero-order valence-electron chi connectivity index (χ0n) is 12.9. The van der Waals surface area contributed by atoms with Crippen LogP contribution in [0.4, 0.5) is 0 Å². The van der Waals surface area contributed by atoms with Crippen LogP contribution in [0.2, 0.25) is 0 Å². The van der Waals surface area contributed by atoms with Gasteiger partial charge in [-0.15, -0.1) is 0 Å². The highest BCUT2D eigenvalue weighted by atomic mass is 31.2. The molecule has 10 nitrogen and oxygen atoms in total. The fourth-order valence-electron chi connectivity index (χ4n) is 2.59. The summed E-state index contributed by atoms with van der Waals surface area (Å²) < 4.78 is 36.9. The molecule has 2 heterocycles. The van der Waals surface area contributed by atoms with Crippen LogP contribution < -0.4 is 0 Å². The van der Waals surface area contributed by atoms with E-state index in [4.69, 9.17) is 44.1 Å². The van der Waals surface area contributed by atoms with Crippen molar-refractivity contribution in [1.82, 2.24) is 0 Å². The van der Waals surface area contributed by atoms with Gasteiger partial charge >= 0.3 is 7.82 Å². The van der Waals surface area contributed by atoms with Crippen molar-refractivity contribution in [2.24, 2.45) is 0 Å². The van der Waals surface area contributed by atoms with Gasteiger partial charge in [0.2, 0.25) is 0 Å². The molecule has 2 fully saturated rings. The lowest BCUT2D eigenvalue weighted by Gasteiger charge is -2.24. The molecule has 0 aromatic heterocycles. The molecule has 2 saturated heterocycles. The number of phosphoric ester groups is 1. The molecule has 2 aliphatic rings. The van der Waals surface area contributed by atoms with E-state index < -0.39 is 69.7 Å². The average Bonchev–Trinajstić information content (AvgIpc) is 2.95. The van der Waals surface area contributed by atoms with E-state index >= 15 is 0 Å². The van der Waals surface area contributed by atoms with Crippen LogP contribution in [0.25, 0.3) is 0 Å². The molecule has 4 radical (unpaired) electrons. The third-order valence-corrected chi connectivity index (χ3v) is 4.84. The van der Waals surface area contributed by atoms with Crippen LogP contribution in [0.5, 0.6) is 0 Å². The average molecular weight is 364 g/mol. The van der Waals surface area contributed by atoms with Crippen LogP contribution in [0.15, 0.2) is 0 Å². The summed E-state index contributed by atoms with van der Waals surface area (Å²) in [6, 6.07) is -2.19. The third-order valence-electron chi connectivity index (χ3n) is 3.85. The van der Waals surface area contributed by atoms with E-state index in [1.165, 1.54) is 7.11 Å². The standard InChI is InChI=1S/C11H19B2O10P/c1-19-8-5(22-10(12)6(8)15)3-20-24(17,18)23-9-4(2-14)21-11(13)7(9)16/h4-11,14-16H,2-3H2,1H3,(H,17,18)/t4-,5-,6?,7?,8?,9?,10-,11-/m1/s1. The predicted molar refractivity (Wildman–Crippen MR) is 79.4 cm³/mol. The van der Waals surface area contributed by atoms with Gasteiger partial charge in [0.25, 0.3) is 0 Å². The molecule has 134 valence electrons. The Morgan fingerprint density at radius 2 is 1.62 bits per heavy atom. The zero-order chi connectivity index (χ0) is 18.1. The first-order chi connectivity index (χ1) is 11.2. The smallest absolute Gasteiger partial charge is 0.394 e. The van der Waals surface area contributed by atoms with Gasteiger partial charge in [0.05, 0.1) is 13.2 Å². The van der Waals surface area contributed by atoms with Gasteiger partial charge in [-0.3, -0.25) is 9.05 Å². The van der Waals surface area contributed by atoms with Gasteiger partial charge in [-0.25, -0.2) is 4.57 Å². The first-order valence-electron chi connectivity index (χ1n) is 7.17. The minimum absolute atomic E-state index is 0.462. The largest absolute Gasteiger partial charge is 0.472 e. The number of aliphatic hydroxyl groups excluding tert-OH is 3. The van der Waals surface area contributed by atoms with Crippen molar-refractivity contribution in [3.8, 4) is 0 Å².